The molecular weight excluding hydrogens is 395 g/mol. The molecular formula is C20H20F3N7. The summed E-state index contributed by atoms with van der Waals surface area (Å²) in [6, 6.07) is 14.9. The van der Waals surface area contributed by atoms with Gasteiger partial charge >= 0.3 is 6.18 Å². The number of nitrogens with one attached hydrogen (secondary N) is 2. The van der Waals surface area contributed by atoms with Gasteiger partial charge in [-0.15, -0.1) is 0 Å². The van der Waals surface area contributed by atoms with Crippen molar-refractivity contribution in [3.8, 4) is 0 Å². The lowest BCUT2D eigenvalue weighted by Gasteiger charge is -2.13. The summed E-state index contributed by atoms with van der Waals surface area (Å²) in [5.41, 5.74) is 2.78. The Morgan fingerprint density at radius 2 is 1.60 bits per heavy atom. The highest BCUT2D eigenvalue weighted by Gasteiger charge is 2.32. The van der Waals surface area contributed by atoms with E-state index in [-0.39, 0.29) is 11.5 Å². The van der Waals surface area contributed by atoms with Gasteiger partial charge in [-0.2, -0.15) is 33.2 Å². The van der Waals surface area contributed by atoms with Gasteiger partial charge in [-0.05, 0) is 11.6 Å². The first-order valence-corrected chi connectivity index (χ1v) is 8.99. The molecule has 0 amide bonds. The molecule has 10 heteroatoms. The van der Waals surface area contributed by atoms with Crippen molar-refractivity contribution in [3.63, 3.8) is 0 Å². The molecule has 0 aliphatic carbocycles. The number of nitrogens with zero attached hydrogens (tertiary/aromatic N) is 5. The van der Waals surface area contributed by atoms with Crippen LogP contribution in [0.5, 0.6) is 0 Å². The Hall–Kier alpha value is -3.69. The van der Waals surface area contributed by atoms with Gasteiger partial charge in [0.2, 0.25) is 17.8 Å². The predicted molar refractivity (Wildman–Crippen MR) is 111 cm³/mol. The smallest absolute Gasteiger partial charge is 0.350 e. The van der Waals surface area contributed by atoms with Crippen LogP contribution < -0.4 is 15.6 Å². The summed E-state index contributed by atoms with van der Waals surface area (Å²) >= 11 is 0. The highest BCUT2D eigenvalue weighted by molar-refractivity contribution is 5.82. The van der Waals surface area contributed by atoms with E-state index in [1.54, 1.807) is 19.0 Å². The molecule has 3 aromatic rings. The average Bonchev–Trinajstić information content (AvgIpc) is 2.72. The Morgan fingerprint density at radius 1 is 0.933 bits per heavy atom. The van der Waals surface area contributed by atoms with Crippen molar-refractivity contribution in [1.82, 2.24) is 15.0 Å². The highest BCUT2D eigenvalue weighted by atomic mass is 19.4. The molecule has 0 radical (unpaired) electrons. The molecule has 2 aromatic carbocycles. The van der Waals surface area contributed by atoms with Crippen LogP contribution >= 0.6 is 0 Å². The van der Waals surface area contributed by atoms with Gasteiger partial charge < -0.3 is 10.2 Å². The third-order valence-corrected chi connectivity index (χ3v) is 3.95. The summed E-state index contributed by atoms with van der Waals surface area (Å²) in [7, 11) is 3.53. The number of hydrogen-bond acceptors (Lipinski definition) is 7. The number of alkyl halides is 3. The Bertz CT molecular complexity index is 1000. The topological polar surface area (TPSA) is 78.3 Å². The second kappa shape index (κ2) is 9.21. The highest BCUT2D eigenvalue weighted by Crippen LogP contribution is 2.31. The predicted octanol–water partition coefficient (Wildman–Crippen LogP) is 4.01. The van der Waals surface area contributed by atoms with Gasteiger partial charge in [0.25, 0.3) is 0 Å². The lowest BCUT2D eigenvalue weighted by molar-refractivity contribution is -0.137. The summed E-state index contributed by atoms with van der Waals surface area (Å²) in [6.45, 7) is 0.499. The van der Waals surface area contributed by atoms with Crippen molar-refractivity contribution in [3.05, 3.63) is 71.3 Å². The molecule has 0 atom stereocenters. The number of hydrazone groups is 1. The third kappa shape index (κ3) is 5.66. The van der Waals surface area contributed by atoms with Crippen molar-refractivity contribution < 1.29 is 13.2 Å². The van der Waals surface area contributed by atoms with E-state index in [0.29, 0.717) is 18.4 Å². The van der Waals surface area contributed by atoms with E-state index in [4.69, 9.17) is 0 Å². The molecule has 7 nitrogen and oxygen atoms in total. The Kier molecular flexibility index (Phi) is 6.45. The zero-order valence-corrected chi connectivity index (χ0v) is 16.4. The van der Waals surface area contributed by atoms with Crippen molar-refractivity contribution >= 4 is 24.1 Å². The summed E-state index contributed by atoms with van der Waals surface area (Å²) in [4.78, 5) is 14.4. The second-order valence-electron chi connectivity index (χ2n) is 6.47. The number of benzene rings is 2. The molecule has 3 rings (SSSR count). The Labute approximate surface area is 171 Å². The monoisotopic (exact) mass is 415 g/mol. The van der Waals surface area contributed by atoms with Crippen LogP contribution in [0.2, 0.25) is 0 Å². The maximum absolute atomic E-state index is 13.1. The molecule has 0 fully saturated rings. The van der Waals surface area contributed by atoms with E-state index in [1.165, 1.54) is 18.2 Å². The lowest BCUT2D eigenvalue weighted by atomic mass is 10.1. The van der Waals surface area contributed by atoms with E-state index < -0.39 is 11.7 Å². The minimum Gasteiger partial charge on any atom is -0.350 e. The van der Waals surface area contributed by atoms with Crippen LogP contribution in [0, 0.1) is 0 Å². The molecule has 2 N–H and O–H groups in total. The number of halogens is 3. The van der Waals surface area contributed by atoms with Crippen molar-refractivity contribution in [2.45, 2.75) is 12.7 Å². The zero-order valence-electron chi connectivity index (χ0n) is 16.4. The Balaban J connectivity index is 1.77. The summed E-state index contributed by atoms with van der Waals surface area (Å²) in [6.07, 6.45) is -3.39. The standard InChI is InChI=1S/C20H20F3N7/c1-30(2)19-27-17(24-12-14-8-4-3-5-9-14)26-18(28-19)29-25-13-15-10-6-7-11-16(15)20(21,22)23/h3-11,13H,12H2,1-2H3,(H2,24,26,27,28,29)/b25-13+. The van der Waals surface area contributed by atoms with Gasteiger partial charge in [0.15, 0.2) is 0 Å². The number of aromatic nitrogens is 3. The normalized spacial score (nSPS) is 11.5. The van der Waals surface area contributed by atoms with Gasteiger partial charge in [-0.25, -0.2) is 5.43 Å². The Morgan fingerprint density at radius 3 is 2.30 bits per heavy atom. The molecule has 1 aromatic heterocycles. The fourth-order valence-electron chi connectivity index (χ4n) is 2.50. The fourth-order valence-corrected chi connectivity index (χ4v) is 2.50. The van der Waals surface area contributed by atoms with Crippen LogP contribution in [0.15, 0.2) is 59.7 Å². The van der Waals surface area contributed by atoms with Crippen LogP contribution in [0.25, 0.3) is 0 Å². The van der Waals surface area contributed by atoms with Gasteiger partial charge in [0.1, 0.15) is 0 Å². The van der Waals surface area contributed by atoms with Crippen LogP contribution in [-0.2, 0) is 12.7 Å². The van der Waals surface area contributed by atoms with Crippen molar-refractivity contribution in [2.24, 2.45) is 5.10 Å². The molecule has 0 spiro atoms. The first-order chi connectivity index (χ1) is 14.3. The van der Waals surface area contributed by atoms with E-state index >= 15 is 0 Å². The first-order valence-electron chi connectivity index (χ1n) is 8.99. The van der Waals surface area contributed by atoms with Crippen molar-refractivity contribution in [2.75, 3.05) is 29.7 Å². The first kappa shape index (κ1) is 21.0. The molecule has 0 aliphatic heterocycles. The fraction of sp³-hybridized carbons (Fsp3) is 0.200. The van der Waals surface area contributed by atoms with E-state index in [1.807, 2.05) is 30.3 Å². The molecule has 30 heavy (non-hydrogen) atoms. The lowest BCUT2D eigenvalue weighted by Crippen LogP contribution is -2.16. The minimum atomic E-state index is -4.47. The quantitative estimate of drug-likeness (QED) is 0.448. The summed E-state index contributed by atoms with van der Waals surface area (Å²) < 4.78 is 39.3. The number of rotatable bonds is 7. The van der Waals surface area contributed by atoms with Crippen LogP contribution in [-0.4, -0.2) is 35.3 Å². The number of anilines is 3. The molecule has 0 saturated heterocycles. The second-order valence-corrected chi connectivity index (χ2v) is 6.47. The van der Waals surface area contributed by atoms with Crippen LogP contribution in [0.3, 0.4) is 0 Å². The van der Waals surface area contributed by atoms with Gasteiger partial charge in [0.05, 0.1) is 11.8 Å². The van der Waals surface area contributed by atoms with Gasteiger partial charge in [-0.1, -0.05) is 48.5 Å². The van der Waals surface area contributed by atoms with Crippen LogP contribution in [0.1, 0.15) is 16.7 Å². The molecule has 0 saturated carbocycles. The summed E-state index contributed by atoms with van der Waals surface area (Å²) in [5.74, 6) is 0.782. The minimum absolute atomic E-state index is 0.0678. The van der Waals surface area contributed by atoms with Gasteiger partial charge in [-0.3, -0.25) is 0 Å². The van der Waals surface area contributed by atoms with E-state index in [2.05, 4.69) is 30.8 Å². The largest absolute Gasteiger partial charge is 0.417 e. The molecule has 156 valence electrons. The van der Waals surface area contributed by atoms with E-state index in [9.17, 15) is 13.2 Å². The zero-order chi connectivity index (χ0) is 21.6. The molecule has 0 aliphatic rings. The van der Waals surface area contributed by atoms with Crippen molar-refractivity contribution in [1.29, 1.82) is 0 Å². The number of hydrogen-bond donors (Lipinski definition) is 2. The molecule has 0 unspecified atom stereocenters. The van der Waals surface area contributed by atoms with Gasteiger partial charge in [0, 0.05) is 26.2 Å². The van der Waals surface area contributed by atoms with Crippen LogP contribution in [0.4, 0.5) is 31.0 Å². The maximum Gasteiger partial charge on any atom is 0.417 e. The SMILES string of the molecule is CN(C)c1nc(NCc2ccccc2)nc(N/N=C/c2ccccc2C(F)(F)F)n1. The maximum atomic E-state index is 13.1. The third-order valence-electron chi connectivity index (χ3n) is 3.95. The molecule has 0 bridgehead atoms. The summed E-state index contributed by atoms with van der Waals surface area (Å²) in [5, 5.41) is 6.98. The molecule has 1 heterocycles. The average molecular weight is 415 g/mol. The van der Waals surface area contributed by atoms with E-state index in [0.717, 1.165) is 17.8 Å².